The lowest BCUT2D eigenvalue weighted by molar-refractivity contribution is 1.18. The van der Waals surface area contributed by atoms with Crippen LogP contribution in [0.1, 0.15) is 16.7 Å². The molecule has 34 heavy (non-hydrogen) atoms. The van der Waals surface area contributed by atoms with Gasteiger partial charge in [0.15, 0.2) is 5.82 Å². The van der Waals surface area contributed by atoms with Crippen molar-refractivity contribution in [1.29, 1.82) is 0 Å². The molecule has 0 saturated carbocycles. The molecule has 1 aromatic heterocycles. The molecule has 0 spiro atoms. The lowest BCUT2D eigenvalue weighted by Gasteiger charge is -2.10. The summed E-state index contributed by atoms with van der Waals surface area (Å²) in [6.07, 6.45) is 1.86. The zero-order valence-electron chi connectivity index (χ0n) is 19.5. The summed E-state index contributed by atoms with van der Waals surface area (Å²) in [5.74, 6) is 0.724. The van der Waals surface area contributed by atoms with Gasteiger partial charge in [0.25, 0.3) is 0 Å². The van der Waals surface area contributed by atoms with Crippen molar-refractivity contribution < 1.29 is 0 Å². The standard InChI is InChI=1S/C32H26N2/c1-4-24-9-15-25(16-10-24)26-17-19-29(20-18-26)32-33-30(27-11-5-22(2)6-12-27)21-31(34-32)28-13-7-23(3)8-14-28/h4-21H,1H2,2-3H3. The second-order valence-corrected chi connectivity index (χ2v) is 8.60. The van der Waals surface area contributed by atoms with Crippen LogP contribution in [0.15, 0.2) is 110 Å². The van der Waals surface area contributed by atoms with Gasteiger partial charge in [-0.05, 0) is 36.6 Å². The topological polar surface area (TPSA) is 25.8 Å². The Kier molecular flexibility index (Phi) is 5.88. The molecule has 0 radical (unpaired) electrons. The molecule has 1 heterocycles. The van der Waals surface area contributed by atoms with Crippen molar-refractivity contribution in [3.05, 3.63) is 126 Å². The van der Waals surface area contributed by atoms with Crippen LogP contribution in [0.25, 0.3) is 51.1 Å². The average Bonchev–Trinajstić information content (AvgIpc) is 2.89. The molecular formula is C32H26N2. The molecule has 0 aliphatic heterocycles. The van der Waals surface area contributed by atoms with Crippen LogP contribution < -0.4 is 0 Å². The predicted molar refractivity (Wildman–Crippen MR) is 143 cm³/mol. The van der Waals surface area contributed by atoms with Gasteiger partial charge in [0.1, 0.15) is 0 Å². The molecule has 0 fully saturated rings. The largest absolute Gasteiger partial charge is 0.228 e. The Morgan fingerprint density at radius 2 is 0.882 bits per heavy atom. The summed E-state index contributed by atoms with van der Waals surface area (Å²) < 4.78 is 0. The van der Waals surface area contributed by atoms with Crippen molar-refractivity contribution in [3.8, 4) is 45.0 Å². The number of hydrogen-bond donors (Lipinski definition) is 0. The summed E-state index contributed by atoms with van der Waals surface area (Å²) >= 11 is 0. The van der Waals surface area contributed by atoms with Crippen molar-refractivity contribution >= 4 is 6.08 Å². The molecule has 5 rings (SSSR count). The first-order valence-electron chi connectivity index (χ1n) is 11.5. The Balaban J connectivity index is 1.57. The van der Waals surface area contributed by atoms with E-state index in [1.807, 2.05) is 6.08 Å². The van der Waals surface area contributed by atoms with Crippen LogP contribution in [0.5, 0.6) is 0 Å². The van der Waals surface area contributed by atoms with Gasteiger partial charge in [-0.3, -0.25) is 0 Å². The molecular weight excluding hydrogens is 412 g/mol. The second-order valence-electron chi connectivity index (χ2n) is 8.60. The predicted octanol–water partition coefficient (Wildman–Crippen LogP) is 8.40. The van der Waals surface area contributed by atoms with E-state index in [2.05, 4.69) is 124 Å². The normalized spacial score (nSPS) is 10.8. The van der Waals surface area contributed by atoms with Crippen molar-refractivity contribution in [3.63, 3.8) is 0 Å². The number of hydrogen-bond acceptors (Lipinski definition) is 2. The Morgan fingerprint density at radius 3 is 1.32 bits per heavy atom. The molecule has 4 aromatic carbocycles. The van der Waals surface area contributed by atoms with Crippen LogP contribution in [0, 0.1) is 13.8 Å². The van der Waals surface area contributed by atoms with Gasteiger partial charge in [0.2, 0.25) is 0 Å². The number of nitrogens with zero attached hydrogens (tertiary/aromatic N) is 2. The third-order valence-corrected chi connectivity index (χ3v) is 6.04. The van der Waals surface area contributed by atoms with Gasteiger partial charge in [-0.15, -0.1) is 0 Å². The van der Waals surface area contributed by atoms with E-state index >= 15 is 0 Å². The highest BCUT2D eigenvalue weighted by Crippen LogP contribution is 2.29. The molecule has 164 valence electrons. The van der Waals surface area contributed by atoms with Crippen LogP contribution >= 0.6 is 0 Å². The summed E-state index contributed by atoms with van der Waals surface area (Å²) in [7, 11) is 0. The highest BCUT2D eigenvalue weighted by molar-refractivity contribution is 5.73. The van der Waals surface area contributed by atoms with Crippen LogP contribution in [0.3, 0.4) is 0 Å². The maximum atomic E-state index is 4.95. The minimum Gasteiger partial charge on any atom is -0.228 e. The molecule has 0 atom stereocenters. The first kappa shape index (κ1) is 21.5. The smallest absolute Gasteiger partial charge is 0.160 e. The van der Waals surface area contributed by atoms with Gasteiger partial charge in [0.05, 0.1) is 11.4 Å². The Hall–Kier alpha value is -4.30. The molecule has 2 heteroatoms. The van der Waals surface area contributed by atoms with Crippen molar-refractivity contribution in [2.45, 2.75) is 13.8 Å². The first-order valence-corrected chi connectivity index (χ1v) is 11.5. The zero-order chi connectivity index (χ0) is 23.5. The summed E-state index contributed by atoms with van der Waals surface area (Å²) in [5, 5.41) is 0. The van der Waals surface area contributed by atoms with Crippen LogP contribution in [0.4, 0.5) is 0 Å². The molecule has 2 nitrogen and oxygen atoms in total. The number of aryl methyl sites for hydroxylation is 2. The minimum absolute atomic E-state index is 0.724. The minimum atomic E-state index is 0.724. The third kappa shape index (κ3) is 4.57. The highest BCUT2D eigenvalue weighted by atomic mass is 14.9. The fourth-order valence-corrected chi connectivity index (χ4v) is 3.94. The van der Waals surface area contributed by atoms with E-state index in [0.29, 0.717) is 0 Å². The number of benzene rings is 4. The molecule has 0 N–H and O–H groups in total. The average molecular weight is 439 g/mol. The molecule has 0 aliphatic rings. The van der Waals surface area contributed by atoms with E-state index in [0.717, 1.165) is 45.0 Å². The zero-order valence-corrected chi connectivity index (χ0v) is 19.5. The molecule has 0 aliphatic carbocycles. The van der Waals surface area contributed by atoms with Gasteiger partial charge in [-0.2, -0.15) is 0 Å². The lowest BCUT2D eigenvalue weighted by Crippen LogP contribution is -1.96. The van der Waals surface area contributed by atoms with E-state index in [1.165, 1.54) is 16.7 Å². The summed E-state index contributed by atoms with van der Waals surface area (Å²) in [6.45, 7) is 8.02. The third-order valence-electron chi connectivity index (χ3n) is 6.04. The molecule has 0 saturated heterocycles. The van der Waals surface area contributed by atoms with E-state index in [4.69, 9.17) is 9.97 Å². The molecule has 0 bridgehead atoms. The molecule has 0 amide bonds. The van der Waals surface area contributed by atoms with Crippen molar-refractivity contribution in [1.82, 2.24) is 9.97 Å². The van der Waals surface area contributed by atoms with E-state index in [9.17, 15) is 0 Å². The fraction of sp³-hybridized carbons (Fsp3) is 0.0625. The van der Waals surface area contributed by atoms with Gasteiger partial charge >= 0.3 is 0 Å². The Labute approximate surface area is 201 Å². The molecule has 5 aromatic rings. The maximum Gasteiger partial charge on any atom is 0.160 e. The van der Waals surface area contributed by atoms with E-state index in [1.54, 1.807) is 0 Å². The van der Waals surface area contributed by atoms with Crippen LogP contribution in [-0.2, 0) is 0 Å². The second kappa shape index (κ2) is 9.29. The van der Waals surface area contributed by atoms with Crippen molar-refractivity contribution in [2.24, 2.45) is 0 Å². The van der Waals surface area contributed by atoms with Gasteiger partial charge < -0.3 is 0 Å². The first-order chi connectivity index (χ1) is 16.6. The van der Waals surface area contributed by atoms with Gasteiger partial charge in [0, 0.05) is 16.7 Å². The SMILES string of the molecule is C=Cc1ccc(-c2ccc(-c3nc(-c4ccc(C)cc4)cc(-c4ccc(C)cc4)n3)cc2)cc1. The quantitative estimate of drug-likeness (QED) is 0.275. The maximum absolute atomic E-state index is 4.95. The fourth-order valence-electron chi connectivity index (χ4n) is 3.94. The number of rotatable bonds is 5. The Morgan fingerprint density at radius 1 is 0.500 bits per heavy atom. The highest BCUT2D eigenvalue weighted by Gasteiger charge is 2.11. The van der Waals surface area contributed by atoms with Gasteiger partial charge in [-0.1, -0.05) is 121 Å². The summed E-state index contributed by atoms with van der Waals surface area (Å²) in [4.78, 5) is 9.90. The van der Waals surface area contributed by atoms with E-state index in [-0.39, 0.29) is 0 Å². The lowest BCUT2D eigenvalue weighted by atomic mass is 10.0. The van der Waals surface area contributed by atoms with Crippen LogP contribution in [0.2, 0.25) is 0 Å². The molecule has 0 unspecified atom stereocenters. The Bertz CT molecular complexity index is 1360. The van der Waals surface area contributed by atoms with E-state index < -0.39 is 0 Å². The monoisotopic (exact) mass is 438 g/mol. The van der Waals surface area contributed by atoms with Gasteiger partial charge in [-0.25, -0.2) is 9.97 Å². The summed E-state index contributed by atoms with van der Waals surface area (Å²) in [6, 6.07) is 35.9. The summed E-state index contributed by atoms with van der Waals surface area (Å²) in [5.41, 5.74) is 10.9. The number of aromatic nitrogens is 2. The van der Waals surface area contributed by atoms with Crippen LogP contribution in [-0.4, -0.2) is 9.97 Å². The van der Waals surface area contributed by atoms with Crippen molar-refractivity contribution in [2.75, 3.05) is 0 Å².